The minimum Gasteiger partial charge on any atom is -0.389 e. The molecule has 0 aromatic rings. The largest absolute Gasteiger partial charge is 0.389 e. The van der Waals surface area contributed by atoms with Gasteiger partial charge in [-0.05, 0) is 87.0 Å². The number of aliphatic hydroxyl groups is 1. The molecule has 3 saturated carbocycles. The Labute approximate surface area is 135 Å². The number of hydrogen-bond donors (Lipinski definition) is 2. The second-order valence-electron chi connectivity index (χ2n) is 9.09. The van der Waals surface area contributed by atoms with E-state index in [9.17, 15) is 5.11 Å². The summed E-state index contributed by atoms with van der Waals surface area (Å²) in [6.07, 6.45) is 12.5. The molecule has 0 heterocycles. The van der Waals surface area contributed by atoms with Crippen LogP contribution in [0, 0.1) is 28.6 Å². The molecule has 0 aromatic carbocycles. The quantitative estimate of drug-likeness (QED) is 0.720. The highest BCUT2D eigenvalue weighted by Gasteiger charge is 2.58. The van der Waals surface area contributed by atoms with Crippen LogP contribution in [0.1, 0.15) is 65.2 Å². The molecule has 2 heteroatoms. The number of nitrogens with one attached hydrogen (secondary N) is 1. The van der Waals surface area contributed by atoms with Crippen LogP contribution >= 0.6 is 0 Å². The maximum absolute atomic E-state index is 10.0. The van der Waals surface area contributed by atoms with Gasteiger partial charge in [0, 0.05) is 6.04 Å². The van der Waals surface area contributed by atoms with Gasteiger partial charge in [0.25, 0.3) is 0 Å². The molecule has 3 fully saturated rings. The van der Waals surface area contributed by atoms with Gasteiger partial charge in [-0.2, -0.15) is 0 Å². The van der Waals surface area contributed by atoms with Gasteiger partial charge in [-0.25, -0.2) is 0 Å². The summed E-state index contributed by atoms with van der Waals surface area (Å²) in [6.45, 7) is 5.09. The van der Waals surface area contributed by atoms with Gasteiger partial charge in [-0.1, -0.05) is 25.5 Å². The second-order valence-corrected chi connectivity index (χ2v) is 9.09. The fraction of sp³-hybridized carbons (Fsp3) is 0.900. The Morgan fingerprint density at radius 3 is 2.64 bits per heavy atom. The van der Waals surface area contributed by atoms with Crippen molar-refractivity contribution in [2.24, 2.45) is 28.6 Å². The van der Waals surface area contributed by atoms with Gasteiger partial charge < -0.3 is 10.4 Å². The molecule has 0 bridgehead atoms. The van der Waals surface area contributed by atoms with Crippen molar-refractivity contribution < 1.29 is 5.11 Å². The fourth-order valence-corrected chi connectivity index (χ4v) is 7.18. The summed E-state index contributed by atoms with van der Waals surface area (Å²) in [5, 5.41) is 13.7. The summed E-state index contributed by atoms with van der Waals surface area (Å²) in [7, 11) is 2.16. The Bertz CT molecular complexity index is 486. The van der Waals surface area contributed by atoms with E-state index in [0.29, 0.717) is 10.8 Å². The Kier molecular flexibility index (Phi) is 3.51. The Morgan fingerprint density at radius 1 is 1.05 bits per heavy atom. The standard InChI is InChI=1S/C20H33NO/c1-19-10-8-14(22)12-13(19)4-5-15-16-6-7-18(21-3)20(16,2)11-9-17(15)19/h12,14-18,21-22H,4-11H2,1-3H3/t14-,15-,16-,17-,18-,19-,20-/m0/s1. The number of hydrogen-bond acceptors (Lipinski definition) is 2. The van der Waals surface area contributed by atoms with Crippen molar-refractivity contribution in [3.63, 3.8) is 0 Å². The van der Waals surface area contributed by atoms with Crippen LogP contribution in [-0.2, 0) is 0 Å². The predicted molar refractivity (Wildman–Crippen MR) is 90.6 cm³/mol. The van der Waals surface area contributed by atoms with Crippen molar-refractivity contribution in [1.82, 2.24) is 5.32 Å². The van der Waals surface area contributed by atoms with E-state index < -0.39 is 0 Å². The summed E-state index contributed by atoms with van der Waals surface area (Å²) in [5.41, 5.74) is 2.52. The van der Waals surface area contributed by atoms with Crippen LogP contribution in [0.4, 0.5) is 0 Å². The molecule has 2 N–H and O–H groups in total. The van der Waals surface area contributed by atoms with E-state index in [2.05, 4.69) is 32.3 Å². The van der Waals surface area contributed by atoms with Crippen LogP contribution in [0.15, 0.2) is 11.6 Å². The molecule has 124 valence electrons. The van der Waals surface area contributed by atoms with E-state index in [0.717, 1.165) is 30.2 Å². The summed E-state index contributed by atoms with van der Waals surface area (Å²) in [6, 6.07) is 0.733. The van der Waals surface area contributed by atoms with E-state index in [4.69, 9.17) is 0 Å². The van der Waals surface area contributed by atoms with Gasteiger partial charge in [0.1, 0.15) is 0 Å². The Balaban J connectivity index is 1.65. The molecule has 0 unspecified atom stereocenters. The van der Waals surface area contributed by atoms with E-state index in [1.54, 1.807) is 5.57 Å². The topological polar surface area (TPSA) is 32.3 Å². The first-order valence-corrected chi connectivity index (χ1v) is 9.55. The summed E-state index contributed by atoms with van der Waals surface area (Å²) in [4.78, 5) is 0. The van der Waals surface area contributed by atoms with Crippen LogP contribution < -0.4 is 5.32 Å². The zero-order chi connectivity index (χ0) is 15.5. The van der Waals surface area contributed by atoms with E-state index in [1.807, 2.05) is 0 Å². The highest BCUT2D eigenvalue weighted by atomic mass is 16.3. The highest BCUT2D eigenvalue weighted by Crippen LogP contribution is 2.65. The third-order valence-corrected chi connectivity index (χ3v) is 8.44. The SMILES string of the molecule is CN[C@H]1CC[C@H]2[C@@H]3CCC4=C[C@@H](O)CC[C@]4(C)[C@H]3CC[C@]12C. The van der Waals surface area contributed by atoms with Gasteiger partial charge in [-0.15, -0.1) is 0 Å². The summed E-state index contributed by atoms with van der Waals surface area (Å²) in [5.74, 6) is 2.72. The predicted octanol–water partition coefficient (Wildman–Crippen LogP) is 3.90. The molecule has 0 amide bonds. The monoisotopic (exact) mass is 303 g/mol. The first-order chi connectivity index (χ1) is 10.5. The summed E-state index contributed by atoms with van der Waals surface area (Å²) >= 11 is 0. The minimum atomic E-state index is -0.173. The molecule has 0 spiro atoms. The molecule has 4 rings (SSSR count). The first kappa shape index (κ1) is 15.2. The van der Waals surface area contributed by atoms with Gasteiger partial charge >= 0.3 is 0 Å². The average Bonchev–Trinajstić information content (AvgIpc) is 2.84. The Morgan fingerprint density at radius 2 is 1.86 bits per heavy atom. The van der Waals surface area contributed by atoms with Crippen molar-refractivity contribution in [1.29, 1.82) is 0 Å². The zero-order valence-corrected chi connectivity index (χ0v) is 14.6. The van der Waals surface area contributed by atoms with Crippen LogP contribution in [0.5, 0.6) is 0 Å². The third kappa shape index (κ3) is 1.92. The molecule has 4 aliphatic carbocycles. The molecule has 0 aromatic heterocycles. The van der Waals surface area contributed by atoms with Gasteiger partial charge in [0.2, 0.25) is 0 Å². The van der Waals surface area contributed by atoms with Crippen molar-refractivity contribution in [2.45, 2.75) is 77.4 Å². The number of rotatable bonds is 1. The second kappa shape index (κ2) is 5.08. The molecular formula is C20H33NO. The van der Waals surface area contributed by atoms with Gasteiger partial charge in [-0.3, -0.25) is 0 Å². The van der Waals surface area contributed by atoms with Crippen LogP contribution in [0.2, 0.25) is 0 Å². The lowest BCUT2D eigenvalue weighted by Gasteiger charge is -2.58. The molecule has 0 aliphatic heterocycles. The molecule has 22 heavy (non-hydrogen) atoms. The smallest absolute Gasteiger partial charge is 0.0724 e. The lowest BCUT2D eigenvalue weighted by Crippen LogP contribution is -2.53. The first-order valence-electron chi connectivity index (χ1n) is 9.55. The third-order valence-electron chi connectivity index (χ3n) is 8.44. The van der Waals surface area contributed by atoms with Crippen molar-refractivity contribution in [2.75, 3.05) is 7.05 Å². The number of aliphatic hydroxyl groups excluding tert-OH is 1. The lowest BCUT2D eigenvalue weighted by atomic mass is 9.47. The Hall–Kier alpha value is -0.340. The molecule has 7 atom stereocenters. The van der Waals surface area contributed by atoms with Crippen LogP contribution in [0.3, 0.4) is 0 Å². The average molecular weight is 303 g/mol. The summed E-state index contributed by atoms with van der Waals surface area (Å²) < 4.78 is 0. The number of fused-ring (bicyclic) bond motifs is 5. The van der Waals surface area contributed by atoms with Crippen molar-refractivity contribution in [3.8, 4) is 0 Å². The van der Waals surface area contributed by atoms with Crippen LogP contribution in [-0.4, -0.2) is 24.3 Å². The van der Waals surface area contributed by atoms with Gasteiger partial charge in [0.15, 0.2) is 0 Å². The normalized spacial score (nSPS) is 54.2. The van der Waals surface area contributed by atoms with E-state index in [1.165, 1.54) is 44.9 Å². The van der Waals surface area contributed by atoms with E-state index in [-0.39, 0.29) is 6.10 Å². The molecular weight excluding hydrogens is 270 g/mol. The minimum absolute atomic E-state index is 0.173. The van der Waals surface area contributed by atoms with Crippen molar-refractivity contribution >= 4 is 0 Å². The number of allylic oxidation sites excluding steroid dienone is 1. The molecule has 2 nitrogen and oxygen atoms in total. The maximum atomic E-state index is 10.0. The lowest BCUT2D eigenvalue weighted by molar-refractivity contribution is -0.0480. The zero-order valence-electron chi connectivity index (χ0n) is 14.6. The molecule has 0 radical (unpaired) electrons. The maximum Gasteiger partial charge on any atom is 0.0724 e. The van der Waals surface area contributed by atoms with Crippen molar-refractivity contribution in [3.05, 3.63) is 11.6 Å². The van der Waals surface area contributed by atoms with Gasteiger partial charge in [0.05, 0.1) is 6.10 Å². The molecule has 4 aliphatic rings. The molecule has 0 saturated heterocycles. The van der Waals surface area contributed by atoms with Crippen LogP contribution in [0.25, 0.3) is 0 Å². The highest BCUT2D eigenvalue weighted by molar-refractivity contribution is 5.25. The fourth-order valence-electron chi connectivity index (χ4n) is 7.18. The van der Waals surface area contributed by atoms with E-state index >= 15 is 0 Å².